The third-order valence-electron chi connectivity index (χ3n) is 5.55. The summed E-state index contributed by atoms with van der Waals surface area (Å²) in [6, 6.07) is 18.8. The summed E-state index contributed by atoms with van der Waals surface area (Å²) in [5.74, 6) is 0.697. The molecule has 3 heteroatoms. The van der Waals surface area contributed by atoms with Gasteiger partial charge < -0.3 is 15.3 Å². The minimum atomic E-state index is -0.203. The van der Waals surface area contributed by atoms with Gasteiger partial charge in [-0.3, -0.25) is 0 Å². The van der Waals surface area contributed by atoms with Crippen LogP contribution in [0.25, 0.3) is 0 Å². The Morgan fingerprint density at radius 2 is 0.900 bits per heavy atom. The zero-order chi connectivity index (χ0) is 22.3. The molecule has 0 radical (unpaired) electrons. The maximum Gasteiger partial charge on any atom is 0.119 e. The summed E-state index contributed by atoms with van der Waals surface area (Å²) < 4.78 is 0. The van der Waals surface area contributed by atoms with E-state index < -0.39 is 0 Å². The Balaban J connectivity index is 2.25. The van der Waals surface area contributed by atoms with Crippen LogP contribution >= 0.6 is 0 Å². The van der Waals surface area contributed by atoms with Crippen molar-refractivity contribution in [2.75, 3.05) is 0 Å². The first-order chi connectivity index (χ1) is 13.9. The van der Waals surface area contributed by atoms with Crippen molar-refractivity contribution in [1.29, 1.82) is 0 Å². The van der Waals surface area contributed by atoms with Crippen LogP contribution in [0.3, 0.4) is 0 Å². The van der Waals surface area contributed by atoms with E-state index in [0.29, 0.717) is 0 Å². The second kappa shape index (κ2) is 7.71. The molecule has 0 aliphatic rings. The van der Waals surface area contributed by atoms with E-state index in [0.717, 1.165) is 27.8 Å². The van der Waals surface area contributed by atoms with Crippen LogP contribution in [0.5, 0.6) is 17.2 Å². The van der Waals surface area contributed by atoms with Gasteiger partial charge >= 0.3 is 0 Å². The molecule has 158 valence electrons. The molecule has 0 aliphatic carbocycles. The average Bonchev–Trinajstić information content (AvgIpc) is 2.64. The van der Waals surface area contributed by atoms with E-state index in [1.165, 1.54) is 0 Å². The minimum absolute atomic E-state index is 0.103. The van der Waals surface area contributed by atoms with Gasteiger partial charge in [-0.25, -0.2) is 0 Å². The van der Waals surface area contributed by atoms with Crippen LogP contribution in [-0.2, 0) is 10.8 Å². The SMILES string of the molecule is CC(C)(C)c1cc(C(c2ccc(O)cc2)c2ccc(O)c(C(C)(C)C)c2)ccc1O. The average molecular weight is 405 g/mol. The van der Waals surface area contributed by atoms with Crippen molar-refractivity contribution in [3.05, 3.63) is 88.5 Å². The van der Waals surface area contributed by atoms with Crippen molar-refractivity contribution in [2.24, 2.45) is 0 Å². The summed E-state index contributed by atoms with van der Waals surface area (Å²) in [5.41, 5.74) is 4.50. The van der Waals surface area contributed by atoms with Gasteiger partial charge in [0.25, 0.3) is 0 Å². The van der Waals surface area contributed by atoms with Crippen LogP contribution in [0.4, 0.5) is 0 Å². The molecule has 0 fully saturated rings. The van der Waals surface area contributed by atoms with Crippen LogP contribution in [0, 0.1) is 0 Å². The third-order valence-corrected chi connectivity index (χ3v) is 5.55. The Morgan fingerprint density at radius 1 is 0.533 bits per heavy atom. The summed E-state index contributed by atoms with van der Waals surface area (Å²) in [4.78, 5) is 0. The van der Waals surface area contributed by atoms with Crippen molar-refractivity contribution in [3.63, 3.8) is 0 Å². The highest BCUT2D eigenvalue weighted by Gasteiger charge is 2.25. The molecule has 0 unspecified atom stereocenters. The molecule has 0 bridgehead atoms. The number of phenols is 3. The number of rotatable bonds is 3. The van der Waals surface area contributed by atoms with Gasteiger partial charge in [0, 0.05) is 5.92 Å². The van der Waals surface area contributed by atoms with Gasteiger partial charge in [0.2, 0.25) is 0 Å². The number of phenolic OH excluding ortho intramolecular Hbond substituents is 3. The van der Waals surface area contributed by atoms with Crippen molar-refractivity contribution in [2.45, 2.75) is 58.3 Å². The molecule has 30 heavy (non-hydrogen) atoms. The first-order valence-corrected chi connectivity index (χ1v) is 10.3. The fourth-order valence-corrected chi connectivity index (χ4v) is 3.91. The zero-order valence-electron chi connectivity index (χ0n) is 18.7. The Labute approximate surface area is 179 Å². The second-order valence-corrected chi connectivity index (χ2v) is 10.1. The van der Waals surface area contributed by atoms with Crippen molar-refractivity contribution >= 4 is 0 Å². The lowest BCUT2D eigenvalue weighted by atomic mass is 9.78. The highest BCUT2D eigenvalue weighted by atomic mass is 16.3. The minimum Gasteiger partial charge on any atom is -0.508 e. The molecule has 0 spiro atoms. The molecule has 0 amide bonds. The highest BCUT2D eigenvalue weighted by molar-refractivity contribution is 5.52. The van der Waals surface area contributed by atoms with Gasteiger partial charge in [0.05, 0.1) is 0 Å². The number of aromatic hydroxyl groups is 3. The molecule has 0 aromatic heterocycles. The van der Waals surface area contributed by atoms with E-state index in [4.69, 9.17) is 0 Å². The number of benzene rings is 3. The zero-order valence-corrected chi connectivity index (χ0v) is 18.7. The molecule has 0 aliphatic heterocycles. The van der Waals surface area contributed by atoms with E-state index in [1.807, 2.05) is 24.3 Å². The standard InChI is InChI=1S/C27H32O3/c1-26(2,3)21-15-18(9-13-23(21)29)25(17-7-11-20(28)12-8-17)19-10-14-24(30)22(16-19)27(4,5)6/h7-16,25,28-30H,1-6H3. The van der Waals surface area contributed by atoms with E-state index in [-0.39, 0.29) is 34.0 Å². The topological polar surface area (TPSA) is 60.7 Å². The maximum atomic E-state index is 10.5. The summed E-state index contributed by atoms with van der Waals surface area (Å²) in [5, 5.41) is 30.7. The Morgan fingerprint density at radius 3 is 1.27 bits per heavy atom. The lowest BCUT2D eigenvalue weighted by Crippen LogP contribution is -2.14. The van der Waals surface area contributed by atoms with Crippen LogP contribution in [0.1, 0.15) is 75.3 Å². The first-order valence-electron chi connectivity index (χ1n) is 10.3. The third kappa shape index (κ3) is 4.46. The fourth-order valence-electron chi connectivity index (χ4n) is 3.91. The molecule has 3 nitrogen and oxygen atoms in total. The number of hydrogen-bond acceptors (Lipinski definition) is 3. The van der Waals surface area contributed by atoms with Crippen molar-refractivity contribution in [1.82, 2.24) is 0 Å². The molecule has 3 aromatic carbocycles. The van der Waals surface area contributed by atoms with E-state index in [9.17, 15) is 15.3 Å². The smallest absolute Gasteiger partial charge is 0.119 e. The summed E-state index contributed by atoms with van der Waals surface area (Å²) in [6.07, 6.45) is 0. The fraction of sp³-hybridized carbons (Fsp3) is 0.333. The summed E-state index contributed by atoms with van der Waals surface area (Å²) in [6.45, 7) is 12.5. The summed E-state index contributed by atoms with van der Waals surface area (Å²) >= 11 is 0. The Bertz CT molecular complexity index is 972. The van der Waals surface area contributed by atoms with Gasteiger partial charge in [0.1, 0.15) is 17.2 Å². The van der Waals surface area contributed by atoms with E-state index >= 15 is 0 Å². The maximum absolute atomic E-state index is 10.5. The molecular formula is C27H32O3. The quantitative estimate of drug-likeness (QED) is 0.432. The highest BCUT2D eigenvalue weighted by Crippen LogP contribution is 2.40. The van der Waals surface area contributed by atoms with Gasteiger partial charge in [-0.2, -0.15) is 0 Å². The first kappa shape index (κ1) is 21.8. The molecule has 0 atom stereocenters. The van der Waals surface area contributed by atoms with Crippen LogP contribution in [-0.4, -0.2) is 15.3 Å². The van der Waals surface area contributed by atoms with Gasteiger partial charge in [-0.05, 0) is 62.9 Å². The predicted octanol–water partition coefficient (Wildman–Crippen LogP) is 6.58. The largest absolute Gasteiger partial charge is 0.508 e. The van der Waals surface area contributed by atoms with Crippen LogP contribution in [0.2, 0.25) is 0 Å². The van der Waals surface area contributed by atoms with Crippen LogP contribution < -0.4 is 0 Å². The number of hydrogen-bond donors (Lipinski definition) is 3. The molecular weight excluding hydrogens is 372 g/mol. The Kier molecular flexibility index (Phi) is 5.60. The molecule has 0 heterocycles. The van der Waals surface area contributed by atoms with E-state index in [2.05, 4.69) is 53.7 Å². The molecule has 3 N–H and O–H groups in total. The molecule has 3 rings (SSSR count). The Hall–Kier alpha value is -2.94. The molecule has 3 aromatic rings. The monoisotopic (exact) mass is 404 g/mol. The lowest BCUT2D eigenvalue weighted by Gasteiger charge is -2.27. The van der Waals surface area contributed by atoms with E-state index in [1.54, 1.807) is 24.3 Å². The second-order valence-electron chi connectivity index (χ2n) is 10.1. The van der Waals surface area contributed by atoms with Crippen LogP contribution in [0.15, 0.2) is 60.7 Å². The summed E-state index contributed by atoms with van der Waals surface area (Å²) in [7, 11) is 0. The van der Waals surface area contributed by atoms with Gasteiger partial charge in [0.15, 0.2) is 0 Å². The van der Waals surface area contributed by atoms with Crippen molar-refractivity contribution in [3.8, 4) is 17.2 Å². The van der Waals surface area contributed by atoms with Crippen molar-refractivity contribution < 1.29 is 15.3 Å². The molecule has 0 saturated carbocycles. The van der Waals surface area contributed by atoms with Gasteiger partial charge in [-0.15, -0.1) is 0 Å². The predicted molar refractivity (Wildman–Crippen MR) is 123 cm³/mol. The lowest BCUT2D eigenvalue weighted by molar-refractivity contribution is 0.446. The normalized spacial score (nSPS) is 12.4. The molecule has 0 saturated heterocycles. The van der Waals surface area contributed by atoms with Gasteiger partial charge in [-0.1, -0.05) is 77.9 Å².